The maximum atomic E-state index is 13.2. The topological polar surface area (TPSA) is 54.3 Å². The van der Waals surface area contributed by atoms with Crippen LogP contribution in [0.3, 0.4) is 0 Å². The second-order valence-corrected chi connectivity index (χ2v) is 12.1. The van der Waals surface area contributed by atoms with Crippen LogP contribution in [-0.4, -0.2) is 56.7 Å². The van der Waals surface area contributed by atoms with Crippen molar-refractivity contribution < 1.29 is 4.79 Å². The molecule has 0 spiro atoms. The van der Waals surface area contributed by atoms with Crippen molar-refractivity contribution >= 4 is 17.2 Å². The van der Waals surface area contributed by atoms with Gasteiger partial charge in [-0.15, -0.1) is 21.5 Å². The van der Waals surface area contributed by atoms with Crippen LogP contribution in [0.2, 0.25) is 0 Å². The van der Waals surface area contributed by atoms with Gasteiger partial charge in [0.15, 0.2) is 0 Å². The lowest BCUT2D eigenvalue weighted by atomic mass is 9.72. The van der Waals surface area contributed by atoms with Gasteiger partial charge in [-0.3, -0.25) is 9.69 Å². The third-order valence-electron chi connectivity index (χ3n) is 7.73. The van der Waals surface area contributed by atoms with Crippen LogP contribution in [0.1, 0.15) is 78.2 Å². The third-order valence-corrected chi connectivity index (χ3v) is 8.95. The molecule has 1 aliphatic carbocycles. The minimum Gasteiger partial charge on any atom is -0.335 e. The molecule has 1 unspecified atom stereocenters. The summed E-state index contributed by atoms with van der Waals surface area (Å²) in [5, 5.41) is 8.93. The molecule has 1 fully saturated rings. The molecule has 2 aromatic heterocycles. The first-order chi connectivity index (χ1) is 15.4. The van der Waals surface area contributed by atoms with E-state index in [0.717, 1.165) is 75.1 Å². The number of hydrogen-bond donors (Lipinski definition) is 0. The second-order valence-electron chi connectivity index (χ2n) is 10.9. The molecular formula is C25H37N5OS. The van der Waals surface area contributed by atoms with Crippen LogP contribution in [0.25, 0.3) is 0 Å². The first-order valence-electron chi connectivity index (χ1n) is 12.4. The average molecular weight is 456 g/mol. The molecular weight excluding hydrogens is 418 g/mol. The minimum absolute atomic E-state index is 0.229. The summed E-state index contributed by atoms with van der Waals surface area (Å²) in [6.07, 6.45) is 8.28. The molecule has 4 heterocycles. The number of hydrogen-bond acceptors (Lipinski definition) is 5. The number of fused-ring (bicyclic) bond motifs is 2. The van der Waals surface area contributed by atoms with Gasteiger partial charge in [0.25, 0.3) is 5.91 Å². The van der Waals surface area contributed by atoms with Crippen molar-refractivity contribution in [1.82, 2.24) is 24.6 Å². The molecule has 32 heavy (non-hydrogen) atoms. The van der Waals surface area contributed by atoms with Crippen molar-refractivity contribution in [3.8, 4) is 0 Å². The fourth-order valence-electron chi connectivity index (χ4n) is 5.50. The largest absolute Gasteiger partial charge is 0.335 e. The van der Waals surface area contributed by atoms with Crippen LogP contribution in [0, 0.1) is 11.3 Å². The van der Waals surface area contributed by atoms with E-state index in [1.165, 1.54) is 36.1 Å². The lowest BCUT2D eigenvalue weighted by Crippen LogP contribution is -2.48. The van der Waals surface area contributed by atoms with Crippen LogP contribution in [0.15, 0.2) is 6.07 Å². The zero-order valence-corrected chi connectivity index (χ0v) is 20.7. The van der Waals surface area contributed by atoms with E-state index in [9.17, 15) is 4.79 Å². The van der Waals surface area contributed by atoms with E-state index in [1.807, 2.05) is 0 Å². The Hall–Kier alpha value is -1.73. The lowest BCUT2D eigenvalue weighted by Gasteiger charge is -2.34. The smallest absolute Gasteiger partial charge is 0.264 e. The summed E-state index contributed by atoms with van der Waals surface area (Å²) < 4.78 is 2.34. The van der Waals surface area contributed by atoms with Crippen molar-refractivity contribution in [2.24, 2.45) is 11.3 Å². The highest BCUT2D eigenvalue weighted by molar-refractivity contribution is 7.14. The SMILES string of the molecule is CC(C)(C)C1CCc2sc(C(=O)N3CCN(Cc4nnc5n4CCCCC5)CC3)cc2C1. The first-order valence-corrected chi connectivity index (χ1v) is 13.2. The van der Waals surface area contributed by atoms with Crippen LogP contribution in [-0.2, 0) is 32.4 Å². The molecule has 0 radical (unpaired) electrons. The molecule has 6 nitrogen and oxygen atoms in total. The van der Waals surface area contributed by atoms with Crippen molar-refractivity contribution in [3.05, 3.63) is 33.0 Å². The Labute approximate surface area is 196 Å². The summed E-state index contributed by atoms with van der Waals surface area (Å²) in [6, 6.07) is 2.21. The van der Waals surface area contributed by atoms with E-state index in [-0.39, 0.29) is 5.91 Å². The number of nitrogens with zero attached hydrogens (tertiary/aromatic N) is 5. The summed E-state index contributed by atoms with van der Waals surface area (Å²) in [4.78, 5) is 20.1. The lowest BCUT2D eigenvalue weighted by molar-refractivity contribution is 0.0628. The fourth-order valence-corrected chi connectivity index (χ4v) is 6.67. The summed E-state index contributed by atoms with van der Waals surface area (Å²) >= 11 is 1.75. The molecule has 0 bridgehead atoms. The van der Waals surface area contributed by atoms with E-state index in [1.54, 1.807) is 11.3 Å². The van der Waals surface area contributed by atoms with Crippen LogP contribution in [0.5, 0.6) is 0 Å². The summed E-state index contributed by atoms with van der Waals surface area (Å²) in [7, 11) is 0. The number of amides is 1. The van der Waals surface area contributed by atoms with Crippen LogP contribution < -0.4 is 0 Å². The first kappa shape index (κ1) is 22.1. The molecule has 2 aliphatic heterocycles. The van der Waals surface area contributed by atoms with Gasteiger partial charge in [-0.2, -0.15) is 0 Å². The van der Waals surface area contributed by atoms with Gasteiger partial charge < -0.3 is 9.47 Å². The van der Waals surface area contributed by atoms with E-state index in [2.05, 4.69) is 51.4 Å². The van der Waals surface area contributed by atoms with Gasteiger partial charge in [-0.05, 0) is 55.1 Å². The van der Waals surface area contributed by atoms with Crippen LogP contribution in [0.4, 0.5) is 0 Å². The molecule has 0 N–H and O–H groups in total. The molecule has 0 saturated carbocycles. The summed E-state index contributed by atoms with van der Waals surface area (Å²) in [5.41, 5.74) is 1.76. The van der Waals surface area contributed by atoms with Gasteiger partial charge >= 0.3 is 0 Å². The molecule has 2 aromatic rings. The number of carbonyl (C=O) groups is 1. The second kappa shape index (κ2) is 8.90. The van der Waals surface area contributed by atoms with Gasteiger partial charge in [0.2, 0.25) is 0 Å². The van der Waals surface area contributed by atoms with E-state index in [0.29, 0.717) is 11.3 Å². The molecule has 3 aliphatic rings. The van der Waals surface area contributed by atoms with E-state index < -0.39 is 0 Å². The highest BCUT2D eigenvalue weighted by Gasteiger charge is 2.32. The van der Waals surface area contributed by atoms with Gasteiger partial charge in [-0.1, -0.05) is 27.2 Å². The Morgan fingerprint density at radius 2 is 1.88 bits per heavy atom. The minimum atomic E-state index is 0.229. The van der Waals surface area contributed by atoms with Crippen molar-refractivity contribution in [2.45, 2.75) is 78.8 Å². The number of aryl methyl sites for hydroxylation is 2. The molecule has 7 heteroatoms. The van der Waals surface area contributed by atoms with Gasteiger partial charge in [0.05, 0.1) is 11.4 Å². The highest BCUT2D eigenvalue weighted by atomic mass is 32.1. The highest BCUT2D eigenvalue weighted by Crippen LogP contribution is 2.40. The average Bonchev–Trinajstić information content (AvgIpc) is 3.29. The maximum absolute atomic E-state index is 13.2. The standard InChI is InChI=1S/C25H37N5OS/c1-25(2,3)19-8-9-20-18(15-19)16-21(32-20)24(31)29-13-11-28(12-14-29)17-23-27-26-22-7-5-4-6-10-30(22)23/h16,19H,4-15,17H2,1-3H3. The van der Waals surface area contributed by atoms with Crippen LogP contribution >= 0.6 is 11.3 Å². The zero-order valence-electron chi connectivity index (χ0n) is 19.9. The van der Waals surface area contributed by atoms with Crippen molar-refractivity contribution in [2.75, 3.05) is 26.2 Å². The number of aromatic nitrogens is 3. The van der Waals surface area contributed by atoms with Gasteiger partial charge in [0.1, 0.15) is 11.6 Å². The Morgan fingerprint density at radius 3 is 2.66 bits per heavy atom. The molecule has 0 aromatic carbocycles. The van der Waals surface area contributed by atoms with Crippen molar-refractivity contribution in [1.29, 1.82) is 0 Å². The molecule has 1 saturated heterocycles. The number of carbonyl (C=O) groups excluding carboxylic acids is 1. The van der Waals surface area contributed by atoms with Crippen molar-refractivity contribution in [3.63, 3.8) is 0 Å². The molecule has 5 rings (SSSR count). The monoisotopic (exact) mass is 455 g/mol. The third kappa shape index (κ3) is 4.51. The maximum Gasteiger partial charge on any atom is 0.264 e. The quantitative estimate of drug-likeness (QED) is 0.697. The summed E-state index contributed by atoms with van der Waals surface area (Å²) in [6.45, 7) is 12.3. The fraction of sp³-hybridized carbons (Fsp3) is 0.720. The Balaban J connectivity index is 1.18. The molecule has 1 amide bonds. The van der Waals surface area contributed by atoms with E-state index in [4.69, 9.17) is 0 Å². The Kier molecular flexibility index (Phi) is 6.14. The predicted octanol–water partition coefficient (Wildman–Crippen LogP) is 4.18. The number of rotatable bonds is 3. The zero-order chi connectivity index (χ0) is 22.3. The van der Waals surface area contributed by atoms with Gasteiger partial charge in [0, 0.05) is 44.0 Å². The summed E-state index contributed by atoms with van der Waals surface area (Å²) in [5.74, 6) is 3.19. The molecule has 174 valence electrons. The normalized spacial score (nSPS) is 22.3. The van der Waals surface area contributed by atoms with Gasteiger partial charge in [-0.25, -0.2) is 0 Å². The van der Waals surface area contributed by atoms with E-state index >= 15 is 0 Å². The number of piperazine rings is 1. The Bertz CT molecular complexity index is 964. The predicted molar refractivity (Wildman–Crippen MR) is 128 cm³/mol. The molecule has 1 atom stereocenters. The number of thiophene rings is 1. The Morgan fingerprint density at radius 1 is 1.06 bits per heavy atom.